The highest BCUT2D eigenvalue weighted by Gasteiger charge is 2.18. The monoisotopic (exact) mass is 553 g/mol. The van der Waals surface area contributed by atoms with Crippen LogP contribution in [0.1, 0.15) is 0 Å². The van der Waals surface area contributed by atoms with Crippen molar-refractivity contribution >= 4 is 58.8 Å². The molecule has 0 saturated carbocycles. The summed E-state index contributed by atoms with van der Waals surface area (Å²) in [7, 11) is 0. The Morgan fingerprint density at radius 3 is 1.95 bits per heavy atom. The number of benzene rings is 6. The van der Waals surface area contributed by atoms with Gasteiger partial charge in [-0.05, 0) is 34.4 Å². The molecule has 9 aromatic rings. The zero-order valence-corrected chi connectivity index (χ0v) is 23.3. The number of nitrogens with zero attached hydrogens (tertiary/aromatic N) is 3. The Kier molecular flexibility index (Phi) is 5.07. The number of para-hydroxylation sites is 1. The summed E-state index contributed by atoms with van der Waals surface area (Å²) in [6, 6.07) is 49.7. The zero-order chi connectivity index (χ0) is 27.6. The maximum Gasteiger partial charge on any atom is 0.169 e. The number of fused-ring (bicyclic) bond motifs is 9. The fourth-order valence-corrected chi connectivity index (χ4v) is 7.65. The summed E-state index contributed by atoms with van der Waals surface area (Å²) in [5.41, 5.74) is 7.87. The van der Waals surface area contributed by atoms with E-state index in [-0.39, 0.29) is 0 Å². The molecule has 0 unspecified atom stereocenters. The van der Waals surface area contributed by atoms with Crippen molar-refractivity contribution in [1.29, 1.82) is 0 Å². The lowest BCUT2D eigenvalue weighted by Crippen LogP contribution is -1.95. The first-order valence-corrected chi connectivity index (χ1v) is 14.9. The summed E-state index contributed by atoms with van der Waals surface area (Å²) in [5.74, 6) is 0.847. The molecule has 0 aliphatic rings. The molecule has 196 valence electrons. The second-order valence-electron chi connectivity index (χ2n) is 10.7. The van der Waals surface area contributed by atoms with Crippen LogP contribution in [0.2, 0.25) is 0 Å². The second kappa shape index (κ2) is 9.10. The fraction of sp³-hybridized carbons (Fsp3) is 0. The number of hydrogen-bond donors (Lipinski definition) is 0. The average molecular weight is 554 g/mol. The molecule has 0 fully saturated rings. The Morgan fingerprint density at radius 1 is 0.452 bits per heavy atom. The minimum atomic E-state index is 0.847. The molecule has 6 aromatic carbocycles. The topological polar surface area (TPSA) is 30.2 Å². The molecule has 3 heterocycles. The van der Waals surface area contributed by atoms with Crippen molar-refractivity contribution in [2.45, 2.75) is 0 Å². The molecule has 0 radical (unpaired) electrons. The van der Waals surface area contributed by atoms with E-state index in [1.165, 1.54) is 53.2 Å². The Hall–Kier alpha value is -5.32. The van der Waals surface area contributed by atoms with Crippen molar-refractivity contribution in [2.24, 2.45) is 0 Å². The minimum Gasteiger partial charge on any atom is -0.274 e. The Balaban J connectivity index is 1.24. The molecular weight excluding hydrogens is 531 g/mol. The molecule has 3 aromatic heterocycles. The van der Waals surface area contributed by atoms with Crippen molar-refractivity contribution in [1.82, 2.24) is 14.6 Å². The van der Waals surface area contributed by atoms with E-state index in [0.717, 1.165) is 27.9 Å². The highest BCUT2D eigenvalue weighted by Crippen LogP contribution is 2.41. The van der Waals surface area contributed by atoms with E-state index in [0.29, 0.717) is 0 Å². The Labute approximate surface area is 245 Å². The summed E-state index contributed by atoms with van der Waals surface area (Å²) in [6.45, 7) is 0. The van der Waals surface area contributed by atoms with Gasteiger partial charge in [0.1, 0.15) is 0 Å². The smallest absolute Gasteiger partial charge is 0.169 e. The van der Waals surface area contributed by atoms with Crippen LogP contribution >= 0.6 is 11.3 Å². The molecule has 0 spiro atoms. The van der Waals surface area contributed by atoms with Crippen LogP contribution in [0.5, 0.6) is 0 Å². The number of rotatable bonds is 3. The van der Waals surface area contributed by atoms with Gasteiger partial charge >= 0.3 is 0 Å². The molecule has 0 atom stereocenters. The molecule has 0 aliphatic heterocycles. The fourth-order valence-electron chi connectivity index (χ4n) is 6.41. The molecule has 0 aliphatic carbocycles. The lowest BCUT2D eigenvalue weighted by molar-refractivity contribution is 1.12. The van der Waals surface area contributed by atoms with Gasteiger partial charge in [-0.2, -0.15) is 0 Å². The lowest BCUT2D eigenvalue weighted by atomic mass is 9.95. The van der Waals surface area contributed by atoms with Gasteiger partial charge in [0.15, 0.2) is 11.5 Å². The third-order valence-corrected chi connectivity index (χ3v) is 9.55. The van der Waals surface area contributed by atoms with E-state index >= 15 is 0 Å². The highest BCUT2D eigenvalue weighted by molar-refractivity contribution is 7.26. The molecule has 0 bridgehead atoms. The van der Waals surface area contributed by atoms with Gasteiger partial charge in [-0.25, -0.2) is 0 Å². The van der Waals surface area contributed by atoms with Gasteiger partial charge in [0.05, 0.1) is 5.52 Å². The van der Waals surface area contributed by atoms with E-state index in [1.807, 2.05) is 11.3 Å². The molecule has 0 N–H and O–H groups in total. The van der Waals surface area contributed by atoms with Crippen LogP contribution in [-0.4, -0.2) is 14.6 Å². The van der Waals surface area contributed by atoms with Crippen molar-refractivity contribution < 1.29 is 0 Å². The third kappa shape index (κ3) is 3.39. The zero-order valence-electron chi connectivity index (χ0n) is 22.5. The normalized spacial score (nSPS) is 11.8. The summed E-state index contributed by atoms with van der Waals surface area (Å²) in [6.07, 6.45) is 0. The average Bonchev–Trinajstić information content (AvgIpc) is 3.68. The summed E-state index contributed by atoms with van der Waals surface area (Å²) in [5, 5.41) is 15.7. The van der Waals surface area contributed by atoms with Gasteiger partial charge in [0.2, 0.25) is 0 Å². The third-order valence-electron chi connectivity index (χ3n) is 8.33. The predicted octanol–water partition coefficient (Wildman–Crippen LogP) is 10.4. The first-order valence-electron chi connectivity index (χ1n) is 14.1. The van der Waals surface area contributed by atoms with Crippen LogP contribution in [0, 0.1) is 0 Å². The number of aromatic nitrogens is 3. The maximum atomic E-state index is 4.77. The predicted molar refractivity (Wildman–Crippen MR) is 177 cm³/mol. The van der Waals surface area contributed by atoms with Crippen molar-refractivity contribution in [3.05, 3.63) is 140 Å². The van der Waals surface area contributed by atoms with Gasteiger partial charge in [-0.1, -0.05) is 127 Å². The number of thiophene rings is 1. The second-order valence-corrected chi connectivity index (χ2v) is 11.7. The molecular formula is C38H23N3S. The van der Waals surface area contributed by atoms with Gasteiger partial charge in [-0.3, -0.25) is 4.40 Å². The quantitative estimate of drug-likeness (QED) is 0.204. The van der Waals surface area contributed by atoms with E-state index in [4.69, 9.17) is 10.2 Å². The summed E-state index contributed by atoms with van der Waals surface area (Å²) < 4.78 is 4.86. The van der Waals surface area contributed by atoms with E-state index in [9.17, 15) is 0 Å². The van der Waals surface area contributed by atoms with Gasteiger partial charge in [-0.15, -0.1) is 21.5 Å². The Morgan fingerprint density at radius 2 is 1.10 bits per heavy atom. The molecule has 0 saturated heterocycles. The van der Waals surface area contributed by atoms with E-state index in [2.05, 4.69) is 144 Å². The van der Waals surface area contributed by atoms with Gasteiger partial charge in [0.25, 0.3) is 0 Å². The van der Waals surface area contributed by atoms with Gasteiger partial charge in [0, 0.05) is 41.9 Å². The number of pyridine rings is 1. The van der Waals surface area contributed by atoms with Crippen LogP contribution < -0.4 is 0 Å². The maximum absolute atomic E-state index is 4.77. The number of hydrogen-bond acceptors (Lipinski definition) is 3. The molecule has 4 heteroatoms. The SMILES string of the molecule is c1ccc(-c2cccc3c2c2ccccc2n2c(-c4ccc(-c5cccc6c5sc5ccccc56)cc4)nnc32)cc1. The first kappa shape index (κ1) is 23.4. The molecule has 9 rings (SSSR count). The van der Waals surface area contributed by atoms with Crippen LogP contribution in [0.3, 0.4) is 0 Å². The molecule has 42 heavy (non-hydrogen) atoms. The van der Waals surface area contributed by atoms with Gasteiger partial charge < -0.3 is 0 Å². The van der Waals surface area contributed by atoms with E-state index < -0.39 is 0 Å². The largest absolute Gasteiger partial charge is 0.274 e. The first-order chi connectivity index (χ1) is 20.8. The van der Waals surface area contributed by atoms with Crippen LogP contribution in [-0.2, 0) is 0 Å². The van der Waals surface area contributed by atoms with Crippen molar-refractivity contribution in [3.63, 3.8) is 0 Å². The lowest BCUT2D eigenvalue weighted by Gasteiger charge is -2.13. The van der Waals surface area contributed by atoms with Crippen LogP contribution in [0.25, 0.3) is 81.1 Å². The minimum absolute atomic E-state index is 0.847. The standard InChI is InChI=1S/C38H23N3S/c1-2-10-24(11-3-1)27-14-8-17-32-35(27)31-13-4-6-18-33(31)41-37(39-40-38(32)41)26-22-20-25(21-23-26)28-15-9-16-30-29-12-5-7-19-34(29)42-36(28)30/h1-23H. The van der Waals surface area contributed by atoms with Crippen molar-refractivity contribution in [2.75, 3.05) is 0 Å². The van der Waals surface area contributed by atoms with Crippen molar-refractivity contribution in [3.8, 4) is 33.6 Å². The van der Waals surface area contributed by atoms with Crippen LogP contribution in [0.15, 0.2) is 140 Å². The van der Waals surface area contributed by atoms with Crippen LogP contribution in [0.4, 0.5) is 0 Å². The Bertz CT molecular complexity index is 2450. The highest BCUT2D eigenvalue weighted by atomic mass is 32.1. The van der Waals surface area contributed by atoms with E-state index in [1.54, 1.807) is 0 Å². The molecule has 0 amide bonds. The summed E-state index contributed by atoms with van der Waals surface area (Å²) >= 11 is 1.86. The summed E-state index contributed by atoms with van der Waals surface area (Å²) in [4.78, 5) is 0. The molecule has 3 nitrogen and oxygen atoms in total.